The summed E-state index contributed by atoms with van der Waals surface area (Å²) in [5, 5.41) is 5.56. The first kappa shape index (κ1) is 12.4. The first-order valence-electron chi connectivity index (χ1n) is 5.97. The number of hydrogen-bond donors (Lipinski definition) is 2. The largest absolute Gasteiger partial charge is 0.479 e. The average molecular weight is 248 g/mol. The highest BCUT2D eigenvalue weighted by atomic mass is 16.5. The summed E-state index contributed by atoms with van der Waals surface area (Å²) in [6.45, 7) is 3.96. The average Bonchev–Trinajstić information content (AvgIpc) is 2.37. The van der Waals surface area contributed by atoms with Crippen molar-refractivity contribution in [1.29, 1.82) is 0 Å². The first-order valence-corrected chi connectivity index (χ1v) is 5.97. The van der Waals surface area contributed by atoms with E-state index >= 15 is 0 Å². The van der Waals surface area contributed by atoms with E-state index in [0.717, 1.165) is 5.56 Å². The Morgan fingerprint density at radius 2 is 2.28 bits per heavy atom. The van der Waals surface area contributed by atoms with Crippen LogP contribution in [0.3, 0.4) is 0 Å². The van der Waals surface area contributed by atoms with Gasteiger partial charge < -0.3 is 15.4 Å². The summed E-state index contributed by atoms with van der Waals surface area (Å²) < 4.78 is 5.45. The van der Waals surface area contributed by atoms with E-state index < -0.39 is 6.10 Å². The van der Waals surface area contributed by atoms with Gasteiger partial charge in [0.15, 0.2) is 6.10 Å². The summed E-state index contributed by atoms with van der Waals surface area (Å²) in [6.07, 6.45) is -0.00869. The number of nitrogens with one attached hydrogen (secondary N) is 2. The van der Waals surface area contributed by atoms with Crippen molar-refractivity contribution in [1.82, 2.24) is 5.32 Å². The fraction of sp³-hybridized carbons (Fsp3) is 0.385. The van der Waals surface area contributed by atoms with Crippen molar-refractivity contribution in [2.75, 3.05) is 5.32 Å². The molecule has 96 valence electrons. The normalized spacial score (nSPS) is 17.4. The maximum atomic E-state index is 11.5. The first-order chi connectivity index (χ1) is 8.60. The lowest BCUT2D eigenvalue weighted by atomic mass is 10.1. The second kappa shape index (κ2) is 5.08. The van der Waals surface area contributed by atoms with Crippen LogP contribution in [0.2, 0.25) is 0 Å². The molecule has 1 aliphatic rings. The lowest BCUT2D eigenvalue weighted by Gasteiger charge is -2.23. The van der Waals surface area contributed by atoms with Crippen molar-refractivity contribution in [3.63, 3.8) is 0 Å². The third kappa shape index (κ3) is 2.61. The van der Waals surface area contributed by atoms with Gasteiger partial charge in [-0.15, -0.1) is 0 Å². The smallest absolute Gasteiger partial charge is 0.265 e. The molecule has 0 fully saturated rings. The molecule has 0 radical (unpaired) electrons. The summed E-state index contributed by atoms with van der Waals surface area (Å²) in [5.41, 5.74) is 1.58. The number of anilines is 1. The van der Waals surface area contributed by atoms with Gasteiger partial charge in [0.2, 0.25) is 5.91 Å². The van der Waals surface area contributed by atoms with Gasteiger partial charge in [-0.2, -0.15) is 0 Å². The number of rotatable bonds is 3. The van der Waals surface area contributed by atoms with Gasteiger partial charge in [-0.1, -0.05) is 13.0 Å². The van der Waals surface area contributed by atoms with Crippen LogP contribution in [-0.2, 0) is 16.1 Å². The summed E-state index contributed by atoms with van der Waals surface area (Å²) in [7, 11) is 0. The molecule has 1 atom stereocenters. The maximum Gasteiger partial charge on any atom is 0.265 e. The predicted octanol–water partition coefficient (Wildman–Crippen LogP) is 1.43. The summed E-state index contributed by atoms with van der Waals surface area (Å²) in [5.74, 6) is 0.506. The van der Waals surface area contributed by atoms with Gasteiger partial charge in [0.25, 0.3) is 5.91 Å². The van der Waals surface area contributed by atoms with Gasteiger partial charge in [0.1, 0.15) is 5.75 Å². The molecular formula is C13H16N2O3. The molecule has 2 N–H and O–H groups in total. The summed E-state index contributed by atoms with van der Waals surface area (Å²) in [6, 6.07) is 5.49. The van der Waals surface area contributed by atoms with E-state index in [-0.39, 0.29) is 11.8 Å². The van der Waals surface area contributed by atoms with Crippen LogP contribution in [-0.4, -0.2) is 17.9 Å². The highest BCUT2D eigenvalue weighted by Gasteiger charge is 2.23. The number of ether oxygens (including phenoxy) is 1. The molecule has 0 aromatic heterocycles. The Hall–Kier alpha value is -2.04. The number of benzene rings is 1. The van der Waals surface area contributed by atoms with Crippen molar-refractivity contribution in [2.24, 2.45) is 0 Å². The fourth-order valence-electron chi connectivity index (χ4n) is 1.69. The molecule has 1 aliphatic heterocycles. The lowest BCUT2D eigenvalue weighted by Crippen LogP contribution is -2.34. The second-order valence-electron chi connectivity index (χ2n) is 4.21. The van der Waals surface area contributed by atoms with Gasteiger partial charge in [-0.05, 0) is 24.6 Å². The van der Waals surface area contributed by atoms with Crippen LogP contribution in [0.1, 0.15) is 25.8 Å². The predicted molar refractivity (Wildman–Crippen MR) is 67.3 cm³/mol. The van der Waals surface area contributed by atoms with Crippen molar-refractivity contribution >= 4 is 17.5 Å². The quantitative estimate of drug-likeness (QED) is 0.850. The highest BCUT2D eigenvalue weighted by molar-refractivity contribution is 5.97. The minimum absolute atomic E-state index is 0.00151. The van der Waals surface area contributed by atoms with Gasteiger partial charge in [0, 0.05) is 13.0 Å². The molecule has 5 nitrogen and oxygen atoms in total. The zero-order valence-corrected chi connectivity index (χ0v) is 10.4. The van der Waals surface area contributed by atoms with E-state index in [0.29, 0.717) is 24.4 Å². The Kier molecular flexibility index (Phi) is 3.50. The van der Waals surface area contributed by atoms with Crippen molar-refractivity contribution < 1.29 is 14.3 Å². The maximum absolute atomic E-state index is 11.5. The van der Waals surface area contributed by atoms with Crippen LogP contribution in [0, 0.1) is 0 Å². The van der Waals surface area contributed by atoms with Crippen LogP contribution in [0.25, 0.3) is 0 Å². The standard InChI is InChI=1S/C13H16N2O3/c1-3-12(16)14-7-9-4-5-11-10(6-9)15-13(17)8(2)18-11/h4-6,8H,3,7H2,1-2H3,(H,14,16)(H,15,17). The molecule has 0 saturated carbocycles. The third-order valence-electron chi connectivity index (χ3n) is 2.79. The topological polar surface area (TPSA) is 67.4 Å². The number of amides is 2. The summed E-state index contributed by atoms with van der Waals surface area (Å²) in [4.78, 5) is 22.6. The van der Waals surface area contributed by atoms with Crippen LogP contribution in [0.15, 0.2) is 18.2 Å². The highest BCUT2D eigenvalue weighted by Crippen LogP contribution is 2.30. The monoisotopic (exact) mass is 248 g/mol. The molecule has 0 saturated heterocycles. The second-order valence-corrected chi connectivity index (χ2v) is 4.21. The van der Waals surface area contributed by atoms with E-state index in [4.69, 9.17) is 4.74 Å². The van der Waals surface area contributed by atoms with Crippen molar-refractivity contribution in [3.05, 3.63) is 23.8 Å². The van der Waals surface area contributed by atoms with Gasteiger partial charge >= 0.3 is 0 Å². The molecule has 0 spiro atoms. The van der Waals surface area contributed by atoms with Crippen LogP contribution in [0.5, 0.6) is 5.75 Å². The van der Waals surface area contributed by atoms with Gasteiger partial charge in [-0.3, -0.25) is 9.59 Å². The molecular weight excluding hydrogens is 232 g/mol. The Bertz CT molecular complexity index is 485. The minimum atomic E-state index is -0.469. The van der Waals surface area contributed by atoms with E-state index in [2.05, 4.69) is 10.6 Å². The Labute approximate surface area is 106 Å². The van der Waals surface area contributed by atoms with Gasteiger partial charge in [-0.25, -0.2) is 0 Å². The summed E-state index contributed by atoms with van der Waals surface area (Å²) >= 11 is 0. The van der Waals surface area contributed by atoms with Crippen molar-refractivity contribution in [3.8, 4) is 5.75 Å². The Morgan fingerprint density at radius 1 is 1.50 bits per heavy atom. The molecule has 1 unspecified atom stereocenters. The molecule has 1 aromatic carbocycles. The molecule has 5 heteroatoms. The zero-order valence-electron chi connectivity index (χ0n) is 10.4. The number of fused-ring (bicyclic) bond motifs is 1. The van der Waals surface area contributed by atoms with Gasteiger partial charge in [0.05, 0.1) is 5.69 Å². The number of carbonyl (C=O) groups excluding carboxylic acids is 2. The number of carbonyl (C=O) groups is 2. The molecule has 2 rings (SSSR count). The molecule has 18 heavy (non-hydrogen) atoms. The van der Waals surface area contributed by atoms with Crippen LogP contribution in [0.4, 0.5) is 5.69 Å². The lowest BCUT2D eigenvalue weighted by molar-refractivity contribution is -0.123. The van der Waals surface area contributed by atoms with Crippen LogP contribution >= 0.6 is 0 Å². The number of hydrogen-bond acceptors (Lipinski definition) is 3. The fourth-order valence-corrected chi connectivity index (χ4v) is 1.69. The molecule has 0 aliphatic carbocycles. The Balaban J connectivity index is 2.10. The molecule has 1 aromatic rings. The third-order valence-corrected chi connectivity index (χ3v) is 2.79. The Morgan fingerprint density at radius 3 is 3.00 bits per heavy atom. The SMILES string of the molecule is CCC(=O)NCc1ccc2c(c1)NC(=O)C(C)O2. The molecule has 2 amide bonds. The zero-order chi connectivity index (χ0) is 13.1. The van der Waals surface area contributed by atoms with E-state index in [9.17, 15) is 9.59 Å². The molecule has 1 heterocycles. The van der Waals surface area contributed by atoms with Crippen LogP contribution < -0.4 is 15.4 Å². The van der Waals surface area contributed by atoms with Crippen molar-refractivity contribution in [2.45, 2.75) is 32.9 Å². The minimum Gasteiger partial charge on any atom is -0.479 e. The van der Waals surface area contributed by atoms with E-state index in [1.54, 1.807) is 19.9 Å². The van der Waals surface area contributed by atoms with E-state index in [1.165, 1.54) is 0 Å². The molecule has 0 bridgehead atoms. The van der Waals surface area contributed by atoms with E-state index in [1.807, 2.05) is 12.1 Å².